The average molecular weight is 290 g/mol. The highest BCUT2D eigenvalue weighted by molar-refractivity contribution is 5.81. The first kappa shape index (κ1) is 16.0. The standard InChI is InChI=1S/C17H26N2O2/c1-21-12-15(18)17(20)19-16-10-6-5-9-14(16)11-13-7-3-2-4-8-13/h2-4,7-8,14-16H,5-6,9-12,18H2,1H3,(H,19,20). The van der Waals surface area contributed by atoms with Crippen LogP contribution in [-0.2, 0) is 16.0 Å². The van der Waals surface area contributed by atoms with Crippen molar-refractivity contribution in [2.45, 2.75) is 44.2 Å². The van der Waals surface area contributed by atoms with Crippen LogP contribution in [0.25, 0.3) is 0 Å². The smallest absolute Gasteiger partial charge is 0.239 e. The maximum Gasteiger partial charge on any atom is 0.239 e. The van der Waals surface area contributed by atoms with E-state index in [9.17, 15) is 4.79 Å². The van der Waals surface area contributed by atoms with E-state index >= 15 is 0 Å². The van der Waals surface area contributed by atoms with Gasteiger partial charge in [0.2, 0.25) is 5.91 Å². The summed E-state index contributed by atoms with van der Waals surface area (Å²) in [5.74, 6) is 0.404. The number of carbonyl (C=O) groups is 1. The lowest BCUT2D eigenvalue weighted by Crippen LogP contribution is -2.50. The summed E-state index contributed by atoms with van der Waals surface area (Å²) in [7, 11) is 1.56. The molecule has 1 fully saturated rings. The van der Waals surface area contributed by atoms with E-state index < -0.39 is 6.04 Å². The van der Waals surface area contributed by atoms with E-state index in [1.54, 1.807) is 7.11 Å². The van der Waals surface area contributed by atoms with E-state index in [0.29, 0.717) is 5.92 Å². The molecule has 116 valence electrons. The lowest BCUT2D eigenvalue weighted by atomic mass is 9.80. The summed E-state index contributed by atoms with van der Waals surface area (Å²) < 4.78 is 4.95. The minimum Gasteiger partial charge on any atom is -0.383 e. The molecule has 1 amide bonds. The highest BCUT2D eigenvalue weighted by Gasteiger charge is 2.28. The van der Waals surface area contributed by atoms with Crippen LogP contribution in [0.2, 0.25) is 0 Å². The van der Waals surface area contributed by atoms with Crippen LogP contribution in [0.3, 0.4) is 0 Å². The Morgan fingerprint density at radius 3 is 2.76 bits per heavy atom. The molecule has 0 spiro atoms. The van der Waals surface area contributed by atoms with Crippen molar-refractivity contribution in [2.24, 2.45) is 11.7 Å². The molecule has 4 heteroatoms. The maximum absolute atomic E-state index is 12.1. The largest absolute Gasteiger partial charge is 0.383 e. The molecule has 0 saturated heterocycles. The molecule has 1 aromatic carbocycles. The van der Waals surface area contributed by atoms with Crippen LogP contribution in [0.1, 0.15) is 31.2 Å². The Balaban J connectivity index is 1.94. The summed E-state index contributed by atoms with van der Waals surface area (Å²) in [6, 6.07) is 10.1. The molecule has 1 saturated carbocycles. The van der Waals surface area contributed by atoms with Gasteiger partial charge in [0.1, 0.15) is 6.04 Å². The fraction of sp³-hybridized carbons (Fsp3) is 0.588. The molecule has 0 aliphatic heterocycles. The molecule has 1 aromatic rings. The van der Waals surface area contributed by atoms with Crippen molar-refractivity contribution in [3.05, 3.63) is 35.9 Å². The second-order valence-electron chi connectivity index (χ2n) is 5.91. The van der Waals surface area contributed by atoms with Gasteiger partial charge in [-0.3, -0.25) is 4.79 Å². The third-order valence-electron chi connectivity index (χ3n) is 4.26. The zero-order valence-corrected chi connectivity index (χ0v) is 12.8. The van der Waals surface area contributed by atoms with Crippen molar-refractivity contribution in [2.75, 3.05) is 13.7 Å². The Hall–Kier alpha value is -1.39. The summed E-state index contributed by atoms with van der Waals surface area (Å²) in [6.07, 6.45) is 5.65. The van der Waals surface area contributed by atoms with Gasteiger partial charge in [-0.1, -0.05) is 43.2 Å². The molecule has 2 rings (SSSR count). The van der Waals surface area contributed by atoms with Gasteiger partial charge >= 0.3 is 0 Å². The van der Waals surface area contributed by atoms with Gasteiger partial charge in [-0.05, 0) is 30.7 Å². The Morgan fingerprint density at radius 2 is 2.05 bits per heavy atom. The average Bonchev–Trinajstić information content (AvgIpc) is 2.50. The summed E-state index contributed by atoms with van der Waals surface area (Å²) in [5, 5.41) is 3.13. The third-order valence-corrected chi connectivity index (χ3v) is 4.26. The monoisotopic (exact) mass is 290 g/mol. The van der Waals surface area contributed by atoms with E-state index in [2.05, 4.69) is 29.6 Å². The Kier molecular flexibility index (Phi) is 6.21. The molecular weight excluding hydrogens is 264 g/mol. The van der Waals surface area contributed by atoms with Crippen molar-refractivity contribution in [1.29, 1.82) is 0 Å². The molecule has 0 bridgehead atoms. The molecule has 4 nitrogen and oxygen atoms in total. The molecule has 3 unspecified atom stereocenters. The van der Waals surface area contributed by atoms with Crippen molar-refractivity contribution in [3.63, 3.8) is 0 Å². The van der Waals surface area contributed by atoms with Gasteiger partial charge in [-0.15, -0.1) is 0 Å². The van der Waals surface area contributed by atoms with Crippen molar-refractivity contribution in [3.8, 4) is 0 Å². The topological polar surface area (TPSA) is 64.3 Å². The fourth-order valence-electron chi connectivity index (χ4n) is 3.10. The van der Waals surface area contributed by atoms with Gasteiger partial charge in [0.05, 0.1) is 6.61 Å². The van der Waals surface area contributed by atoms with Gasteiger partial charge in [0.15, 0.2) is 0 Å². The molecule has 3 atom stereocenters. The second kappa shape index (κ2) is 8.15. The Morgan fingerprint density at radius 1 is 1.33 bits per heavy atom. The predicted octanol–water partition coefficient (Wildman–Crippen LogP) is 1.88. The molecule has 0 heterocycles. The number of amides is 1. The number of rotatable bonds is 6. The molecule has 1 aliphatic rings. The summed E-state index contributed by atoms with van der Waals surface area (Å²) >= 11 is 0. The fourth-order valence-corrected chi connectivity index (χ4v) is 3.10. The number of hydrogen-bond donors (Lipinski definition) is 2. The van der Waals surface area contributed by atoms with Gasteiger partial charge in [-0.25, -0.2) is 0 Å². The number of methoxy groups -OCH3 is 1. The normalized spacial score (nSPS) is 23.5. The highest BCUT2D eigenvalue weighted by Crippen LogP contribution is 2.27. The van der Waals surface area contributed by atoms with Crippen LogP contribution in [-0.4, -0.2) is 31.7 Å². The summed E-state index contributed by atoms with van der Waals surface area (Å²) in [5.41, 5.74) is 7.14. The van der Waals surface area contributed by atoms with Gasteiger partial charge < -0.3 is 15.8 Å². The molecule has 3 N–H and O–H groups in total. The molecule has 0 radical (unpaired) electrons. The second-order valence-corrected chi connectivity index (χ2v) is 5.91. The first-order chi connectivity index (χ1) is 10.2. The van der Waals surface area contributed by atoms with Gasteiger partial charge in [-0.2, -0.15) is 0 Å². The van der Waals surface area contributed by atoms with Crippen molar-refractivity contribution >= 4 is 5.91 Å². The zero-order chi connectivity index (χ0) is 15.1. The summed E-state index contributed by atoms with van der Waals surface area (Å²) in [4.78, 5) is 12.1. The van der Waals surface area contributed by atoms with Crippen molar-refractivity contribution in [1.82, 2.24) is 5.32 Å². The zero-order valence-electron chi connectivity index (χ0n) is 12.8. The van der Waals surface area contributed by atoms with Crippen LogP contribution in [0.15, 0.2) is 30.3 Å². The van der Waals surface area contributed by atoms with E-state index in [0.717, 1.165) is 12.8 Å². The van der Waals surface area contributed by atoms with Crippen LogP contribution < -0.4 is 11.1 Å². The number of carbonyl (C=O) groups excluding carboxylic acids is 1. The first-order valence-electron chi connectivity index (χ1n) is 7.79. The van der Waals surface area contributed by atoms with E-state index in [1.807, 2.05) is 6.07 Å². The lowest BCUT2D eigenvalue weighted by Gasteiger charge is -2.33. The van der Waals surface area contributed by atoms with Crippen LogP contribution >= 0.6 is 0 Å². The minimum atomic E-state index is -0.575. The quantitative estimate of drug-likeness (QED) is 0.841. The Labute approximate surface area is 127 Å². The Bertz CT molecular complexity index is 436. The highest BCUT2D eigenvalue weighted by atomic mass is 16.5. The number of benzene rings is 1. The lowest BCUT2D eigenvalue weighted by molar-refractivity contribution is -0.124. The van der Waals surface area contributed by atoms with E-state index in [4.69, 9.17) is 10.5 Å². The molecular formula is C17H26N2O2. The number of ether oxygens (including phenoxy) is 1. The number of nitrogens with one attached hydrogen (secondary N) is 1. The third kappa shape index (κ3) is 4.83. The maximum atomic E-state index is 12.1. The van der Waals surface area contributed by atoms with E-state index in [1.165, 1.54) is 24.8 Å². The first-order valence-corrected chi connectivity index (χ1v) is 7.79. The number of hydrogen-bond acceptors (Lipinski definition) is 3. The van der Waals surface area contributed by atoms with Crippen LogP contribution in [0.5, 0.6) is 0 Å². The van der Waals surface area contributed by atoms with E-state index in [-0.39, 0.29) is 18.6 Å². The number of nitrogens with two attached hydrogens (primary N) is 1. The molecule has 21 heavy (non-hydrogen) atoms. The molecule has 0 aromatic heterocycles. The van der Waals surface area contributed by atoms with Crippen LogP contribution in [0, 0.1) is 5.92 Å². The minimum absolute atomic E-state index is 0.0955. The predicted molar refractivity (Wildman–Crippen MR) is 83.9 cm³/mol. The summed E-state index contributed by atoms with van der Waals surface area (Å²) in [6.45, 7) is 0.266. The van der Waals surface area contributed by atoms with Crippen molar-refractivity contribution < 1.29 is 9.53 Å². The van der Waals surface area contributed by atoms with Crippen LogP contribution in [0.4, 0.5) is 0 Å². The van der Waals surface area contributed by atoms with Gasteiger partial charge in [0, 0.05) is 13.2 Å². The SMILES string of the molecule is COCC(N)C(=O)NC1CCCCC1Cc1ccccc1. The van der Waals surface area contributed by atoms with Gasteiger partial charge in [0.25, 0.3) is 0 Å². The molecule has 1 aliphatic carbocycles.